The molecule has 5 nitrogen and oxygen atoms in total. The van der Waals surface area contributed by atoms with E-state index in [9.17, 15) is 9.59 Å². The average molecular weight is 377 g/mol. The lowest BCUT2D eigenvalue weighted by Gasteiger charge is -2.33. The smallest absolute Gasteiger partial charge is 0.329 e. The summed E-state index contributed by atoms with van der Waals surface area (Å²) < 4.78 is 3.50. The molecule has 5 heteroatoms. The van der Waals surface area contributed by atoms with Gasteiger partial charge in [-0.05, 0) is 49.4 Å². The summed E-state index contributed by atoms with van der Waals surface area (Å²) in [6.45, 7) is 3.00. The summed E-state index contributed by atoms with van der Waals surface area (Å²) >= 11 is 0. The topological polar surface area (TPSA) is 47.2 Å². The minimum atomic E-state index is -0.0397. The van der Waals surface area contributed by atoms with Gasteiger partial charge in [0.15, 0.2) is 0 Å². The van der Waals surface area contributed by atoms with Crippen molar-refractivity contribution in [3.8, 4) is 0 Å². The van der Waals surface area contributed by atoms with Crippen LogP contribution in [0, 0.1) is 0 Å². The predicted molar refractivity (Wildman–Crippen MR) is 111 cm³/mol. The van der Waals surface area contributed by atoms with Gasteiger partial charge >= 0.3 is 5.69 Å². The van der Waals surface area contributed by atoms with Crippen LogP contribution in [0.4, 0.5) is 0 Å². The molecule has 3 aromatic rings. The number of carbonyl (C=O) groups excluding carboxylic acids is 1. The van der Waals surface area contributed by atoms with Crippen molar-refractivity contribution in [3.05, 3.63) is 70.1 Å². The Kier molecular flexibility index (Phi) is 5.07. The molecular formula is C23H27N3O2. The first kappa shape index (κ1) is 18.5. The Morgan fingerprint density at radius 2 is 1.75 bits per heavy atom. The van der Waals surface area contributed by atoms with Crippen LogP contribution in [0.1, 0.15) is 43.4 Å². The second kappa shape index (κ2) is 7.66. The first-order valence-electron chi connectivity index (χ1n) is 10.1. The molecule has 0 radical (unpaired) electrons. The highest BCUT2D eigenvalue weighted by molar-refractivity contribution is 5.78. The number of nitrogens with zero attached hydrogens (tertiary/aromatic N) is 3. The first-order chi connectivity index (χ1) is 13.6. The van der Waals surface area contributed by atoms with E-state index in [0.717, 1.165) is 30.3 Å². The molecule has 146 valence electrons. The van der Waals surface area contributed by atoms with Crippen molar-refractivity contribution in [3.63, 3.8) is 0 Å². The zero-order valence-corrected chi connectivity index (χ0v) is 16.6. The van der Waals surface area contributed by atoms with Gasteiger partial charge in [0.1, 0.15) is 0 Å². The van der Waals surface area contributed by atoms with Crippen LogP contribution in [0.25, 0.3) is 11.0 Å². The van der Waals surface area contributed by atoms with Gasteiger partial charge in [-0.15, -0.1) is 0 Å². The Bertz CT molecular complexity index is 1060. The second-order valence-electron chi connectivity index (χ2n) is 7.53. The van der Waals surface area contributed by atoms with E-state index >= 15 is 0 Å². The van der Waals surface area contributed by atoms with E-state index < -0.39 is 0 Å². The molecule has 0 saturated heterocycles. The third-order valence-corrected chi connectivity index (χ3v) is 5.99. The standard InChI is InChI=1S/C23H27N3O2/c1-3-25-20-12-6-7-13-21(20)26(23(25)28)16-15-22(27)24(2)19-14-8-10-17-9-4-5-11-18(17)19/h4-7,9,11-13,19H,3,8,10,14-16H2,1-2H3. The molecule has 1 heterocycles. The number of aromatic nitrogens is 2. The highest BCUT2D eigenvalue weighted by Crippen LogP contribution is 2.33. The molecule has 0 bridgehead atoms. The molecule has 1 aliphatic carbocycles. The maximum absolute atomic E-state index is 13.0. The number of imidazole rings is 1. The summed E-state index contributed by atoms with van der Waals surface area (Å²) in [6.07, 6.45) is 3.50. The van der Waals surface area contributed by atoms with Crippen molar-refractivity contribution in [2.75, 3.05) is 7.05 Å². The summed E-state index contributed by atoms with van der Waals surface area (Å²) in [5.41, 5.74) is 4.40. The highest BCUT2D eigenvalue weighted by Gasteiger charge is 2.26. The van der Waals surface area contributed by atoms with Crippen LogP contribution in [0.5, 0.6) is 0 Å². The Morgan fingerprint density at radius 1 is 1.07 bits per heavy atom. The fourth-order valence-electron chi connectivity index (χ4n) is 4.48. The third-order valence-electron chi connectivity index (χ3n) is 5.99. The third kappa shape index (κ3) is 3.15. The van der Waals surface area contributed by atoms with Gasteiger partial charge in [-0.1, -0.05) is 36.4 Å². The van der Waals surface area contributed by atoms with E-state index in [4.69, 9.17) is 0 Å². The summed E-state index contributed by atoms with van der Waals surface area (Å²) in [5, 5.41) is 0. The lowest BCUT2D eigenvalue weighted by atomic mass is 9.87. The van der Waals surface area contributed by atoms with Gasteiger partial charge in [0.25, 0.3) is 0 Å². The molecule has 0 spiro atoms. The fraction of sp³-hybridized carbons (Fsp3) is 0.391. The van der Waals surface area contributed by atoms with Crippen molar-refractivity contribution in [1.82, 2.24) is 14.0 Å². The highest BCUT2D eigenvalue weighted by atomic mass is 16.2. The molecule has 1 aliphatic rings. The molecule has 0 N–H and O–H groups in total. The minimum absolute atomic E-state index is 0.0397. The lowest BCUT2D eigenvalue weighted by Crippen LogP contribution is -2.34. The maximum atomic E-state index is 13.0. The number of hydrogen-bond acceptors (Lipinski definition) is 2. The molecule has 1 unspecified atom stereocenters. The number of carbonyl (C=O) groups is 1. The number of benzene rings is 2. The van der Waals surface area contributed by atoms with Crippen LogP contribution in [-0.2, 0) is 24.3 Å². The van der Waals surface area contributed by atoms with Crippen LogP contribution in [-0.4, -0.2) is 27.0 Å². The second-order valence-corrected chi connectivity index (χ2v) is 7.53. The quantitative estimate of drug-likeness (QED) is 0.680. The summed E-state index contributed by atoms with van der Waals surface area (Å²) in [7, 11) is 1.90. The van der Waals surface area contributed by atoms with Gasteiger partial charge < -0.3 is 4.90 Å². The Labute approximate surface area is 165 Å². The Morgan fingerprint density at radius 3 is 2.50 bits per heavy atom. The van der Waals surface area contributed by atoms with E-state index in [2.05, 4.69) is 24.3 Å². The molecule has 0 saturated carbocycles. The van der Waals surface area contributed by atoms with Gasteiger partial charge in [0.05, 0.1) is 17.1 Å². The number of para-hydroxylation sites is 2. The molecule has 28 heavy (non-hydrogen) atoms. The maximum Gasteiger partial charge on any atom is 0.329 e. The van der Waals surface area contributed by atoms with Gasteiger partial charge in [0, 0.05) is 26.6 Å². The molecule has 1 aromatic heterocycles. The van der Waals surface area contributed by atoms with Gasteiger partial charge in [-0.3, -0.25) is 13.9 Å². The molecule has 0 fully saturated rings. The molecule has 0 aliphatic heterocycles. The largest absolute Gasteiger partial charge is 0.339 e. The van der Waals surface area contributed by atoms with E-state index in [1.807, 2.05) is 43.1 Å². The van der Waals surface area contributed by atoms with Crippen molar-refractivity contribution in [2.24, 2.45) is 0 Å². The van der Waals surface area contributed by atoms with Gasteiger partial charge in [-0.2, -0.15) is 0 Å². The number of amides is 1. The van der Waals surface area contributed by atoms with Crippen LogP contribution in [0.15, 0.2) is 53.3 Å². The van der Waals surface area contributed by atoms with Crippen molar-refractivity contribution in [1.29, 1.82) is 0 Å². The monoisotopic (exact) mass is 377 g/mol. The summed E-state index contributed by atoms with van der Waals surface area (Å²) in [4.78, 5) is 27.6. The summed E-state index contributed by atoms with van der Waals surface area (Å²) in [5.74, 6) is 0.0851. The van der Waals surface area contributed by atoms with Gasteiger partial charge in [-0.25, -0.2) is 4.79 Å². The number of hydrogen-bond donors (Lipinski definition) is 0. The van der Waals surface area contributed by atoms with Crippen LogP contribution in [0.2, 0.25) is 0 Å². The number of aryl methyl sites for hydroxylation is 3. The summed E-state index contributed by atoms with van der Waals surface area (Å²) in [6, 6.07) is 16.3. The molecule has 1 atom stereocenters. The average Bonchev–Trinajstić information content (AvgIpc) is 3.01. The van der Waals surface area contributed by atoms with Crippen LogP contribution >= 0.6 is 0 Å². The van der Waals surface area contributed by atoms with E-state index in [0.29, 0.717) is 19.5 Å². The Balaban J connectivity index is 1.54. The predicted octanol–water partition coefficient (Wildman–Crippen LogP) is 3.75. The molecule has 4 rings (SSSR count). The van der Waals surface area contributed by atoms with Crippen LogP contribution in [0.3, 0.4) is 0 Å². The van der Waals surface area contributed by atoms with Crippen molar-refractivity contribution >= 4 is 16.9 Å². The van der Waals surface area contributed by atoms with E-state index in [1.54, 1.807) is 9.13 Å². The minimum Gasteiger partial charge on any atom is -0.339 e. The fourth-order valence-corrected chi connectivity index (χ4v) is 4.48. The lowest BCUT2D eigenvalue weighted by molar-refractivity contribution is -0.132. The zero-order valence-electron chi connectivity index (χ0n) is 16.6. The van der Waals surface area contributed by atoms with Crippen LogP contribution < -0.4 is 5.69 Å². The number of rotatable bonds is 5. The SMILES string of the molecule is CCn1c(=O)n(CCC(=O)N(C)C2CCCc3ccccc32)c2ccccc21. The molecular weight excluding hydrogens is 350 g/mol. The zero-order chi connectivity index (χ0) is 19.7. The Hall–Kier alpha value is -2.82. The first-order valence-corrected chi connectivity index (χ1v) is 10.1. The van der Waals surface area contributed by atoms with Crippen molar-refractivity contribution in [2.45, 2.75) is 51.7 Å². The molecule has 2 aromatic carbocycles. The van der Waals surface area contributed by atoms with Gasteiger partial charge in [0.2, 0.25) is 5.91 Å². The van der Waals surface area contributed by atoms with E-state index in [1.165, 1.54) is 11.1 Å². The number of fused-ring (bicyclic) bond motifs is 2. The van der Waals surface area contributed by atoms with Crippen molar-refractivity contribution < 1.29 is 4.79 Å². The van der Waals surface area contributed by atoms with E-state index in [-0.39, 0.29) is 17.6 Å². The molecule has 1 amide bonds. The normalized spacial score (nSPS) is 16.1.